The van der Waals surface area contributed by atoms with E-state index in [0.717, 1.165) is 10.8 Å². The first-order chi connectivity index (χ1) is 10.1. The molecular weight excluding hydrogens is 286 g/mol. The number of nitrogens with zero attached hydrogens (tertiary/aromatic N) is 2. The Morgan fingerprint density at radius 2 is 2.19 bits per heavy atom. The largest absolute Gasteiger partial charge is 0.481 e. The Bertz CT molecular complexity index is 491. The number of nitrogens with one attached hydrogen (secondary N) is 1. The normalized spacial score (nSPS) is 29.3. The number of thiazole rings is 1. The number of fused-ring (bicyclic) bond motifs is 2. The van der Waals surface area contributed by atoms with Gasteiger partial charge in [0, 0.05) is 29.9 Å². The van der Waals surface area contributed by atoms with Crippen molar-refractivity contribution >= 4 is 22.4 Å². The summed E-state index contributed by atoms with van der Waals surface area (Å²) in [7, 11) is 2.26. The molecule has 0 spiro atoms. The lowest BCUT2D eigenvalue weighted by Gasteiger charge is -2.47. The fourth-order valence-corrected chi connectivity index (χ4v) is 4.45. The molecule has 5 nitrogen and oxygen atoms in total. The van der Waals surface area contributed by atoms with Crippen molar-refractivity contribution < 1.29 is 9.90 Å². The molecule has 2 atom stereocenters. The van der Waals surface area contributed by atoms with Gasteiger partial charge < -0.3 is 15.3 Å². The number of aliphatic carboxylic acids is 1. The zero-order valence-electron chi connectivity index (χ0n) is 12.4. The number of carbonyl (C=O) groups is 1. The number of piperidine rings is 2. The predicted octanol–water partition coefficient (Wildman–Crippen LogP) is 2.59. The molecule has 3 heterocycles. The van der Waals surface area contributed by atoms with Gasteiger partial charge in [-0.25, -0.2) is 4.98 Å². The molecule has 1 aromatic rings. The van der Waals surface area contributed by atoms with Crippen LogP contribution >= 0.6 is 11.3 Å². The van der Waals surface area contributed by atoms with E-state index < -0.39 is 5.97 Å². The third-order valence-corrected chi connectivity index (χ3v) is 5.64. The van der Waals surface area contributed by atoms with E-state index in [9.17, 15) is 4.79 Å². The monoisotopic (exact) mass is 309 g/mol. The van der Waals surface area contributed by atoms with Crippen molar-refractivity contribution in [1.82, 2.24) is 9.88 Å². The van der Waals surface area contributed by atoms with Gasteiger partial charge in [0.25, 0.3) is 0 Å². The zero-order chi connectivity index (χ0) is 14.8. The predicted molar refractivity (Wildman–Crippen MR) is 83.9 cm³/mol. The molecule has 3 rings (SSSR count). The van der Waals surface area contributed by atoms with Gasteiger partial charge in [0.15, 0.2) is 5.13 Å². The smallest absolute Gasteiger partial charge is 0.303 e. The lowest BCUT2D eigenvalue weighted by atomic mass is 9.82. The minimum Gasteiger partial charge on any atom is -0.481 e. The maximum atomic E-state index is 10.6. The highest BCUT2D eigenvalue weighted by Gasteiger charge is 2.36. The molecule has 0 radical (unpaired) electrons. The number of carboxylic acids is 1. The summed E-state index contributed by atoms with van der Waals surface area (Å²) in [5.41, 5.74) is 0.887. The number of hydrogen-bond acceptors (Lipinski definition) is 5. The molecule has 2 aliphatic heterocycles. The lowest BCUT2D eigenvalue weighted by molar-refractivity contribution is -0.136. The Kier molecular flexibility index (Phi) is 4.45. The molecule has 2 unspecified atom stereocenters. The summed E-state index contributed by atoms with van der Waals surface area (Å²) in [6.07, 6.45) is 7.05. The van der Waals surface area contributed by atoms with Crippen LogP contribution in [-0.4, -0.2) is 46.1 Å². The summed E-state index contributed by atoms with van der Waals surface area (Å²) >= 11 is 1.59. The van der Waals surface area contributed by atoms with Crippen LogP contribution in [0, 0.1) is 0 Å². The number of aromatic nitrogens is 1. The summed E-state index contributed by atoms with van der Waals surface area (Å²) < 4.78 is 0. The van der Waals surface area contributed by atoms with Crippen molar-refractivity contribution in [3.8, 4) is 0 Å². The van der Waals surface area contributed by atoms with Gasteiger partial charge in [-0.05, 0) is 32.7 Å². The molecule has 1 aromatic heterocycles. The summed E-state index contributed by atoms with van der Waals surface area (Å²) in [5, 5.41) is 15.2. The van der Waals surface area contributed by atoms with Crippen LogP contribution in [0.15, 0.2) is 5.38 Å². The Morgan fingerprint density at radius 3 is 2.86 bits per heavy atom. The summed E-state index contributed by atoms with van der Waals surface area (Å²) in [4.78, 5) is 17.7. The van der Waals surface area contributed by atoms with E-state index in [1.54, 1.807) is 11.3 Å². The van der Waals surface area contributed by atoms with Crippen LogP contribution in [0.3, 0.4) is 0 Å². The highest BCUT2D eigenvalue weighted by atomic mass is 32.1. The van der Waals surface area contributed by atoms with Crippen LogP contribution in [0.25, 0.3) is 0 Å². The molecule has 2 N–H and O–H groups in total. The van der Waals surface area contributed by atoms with Gasteiger partial charge in [-0.2, -0.15) is 0 Å². The zero-order valence-corrected chi connectivity index (χ0v) is 13.2. The van der Waals surface area contributed by atoms with Crippen molar-refractivity contribution in [3.05, 3.63) is 11.1 Å². The Labute approximate surface area is 129 Å². The average molecular weight is 309 g/mol. The molecule has 2 aliphatic rings. The van der Waals surface area contributed by atoms with E-state index in [4.69, 9.17) is 5.11 Å². The molecular formula is C15H23N3O2S. The Balaban J connectivity index is 1.56. The van der Waals surface area contributed by atoms with Gasteiger partial charge in [0.05, 0.1) is 12.1 Å². The number of anilines is 1. The molecule has 21 heavy (non-hydrogen) atoms. The first-order valence-electron chi connectivity index (χ1n) is 7.76. The summed E-state index contributed by atoms with van der Waals surface area (Å²) in [6.45, 7) is 0. The molecule has 2 bridgehead atoms. The van der Waals surface area contributed by atoms with E-state index in [-0.39, 0.29) is 6.42 Å². The lowest BCUT2D eigenvalue weighted by Crippen LogP contribution is -2.52. The third-order valence-electron chi connectivity index (χ3n) is 4.81. The van der Waals surface area contributed by atoms with Crippen LogP contribution in [0.5, 0.6) is 0 Å². The number of aryl methyl sites for hydroxylation is 1. The van der Waals surface area contributed by atoms with E-state index in [1.807, 2.05) is 5.38 Å². The molecule has 2 saturated heterocycles. The van der Waals surface area contributed by atoms with Crippen LogP contribution in [0.4, 0.5) is 5.13 Å². The van der Waals surface area contributed by atoms with Crippen LogP contribution in [-0.2, 0) is 11.2 Å². The van der Waals surface area contributed by atoms with E-state index >= 15 is 0 Å². The van der Waals surface area contributed by atoms with Gasteiger partial charge in [-0.15, -0.1) is 11.3 Å². The van der Waals surface area contributed by atoms with Crippen molar-refractivity contribution in [2.75, 3.05) is 12.4 Å². The van der Waals surface area contributed by atoms with Crippen LogP contribution in [0.2, 0.25) is 0 Å². The first kappa shape index (κ1) is 14.8. The van der Waals surface area contributed by atoms with Crippen molar-refractivity contribution in [3.63, 3.8) is 0 Å². The highest BCUT2D eigenvalue weighted by Crippen LogP contribution is 2.34. The maximum absolute atomic E-state index is 10.6. The molecule has 0 amide bonds. The summed E-state index contributed by atoms with van der Waals surface area (Å²) in [5.74, 6) is -0.763. The molecule has 0 saturated carbocycles. The second-order valence-electron chi connectivity index (χ2n) is 6.25. The Morgan fingerprint density at radius 1 is 1.48 bits per heavy atom. The number of carboxylic acid groups (broad SMARTS) is 1. The molecule has 2 fully saturated rings. The van der Waals surface area contributed by atoms with Crippen LogP contribution < -0.4 is 5.32 Å². The quantitative estimate of drug-likeness (QED) is 0.875. The minimum atomic E-state index is -0.763. The first-order valence-corrected chi connectivity index (χ1v) is 8.64. The van der Waals surface area contributed by atoms with Crippen molar-refractivity contribution in [2.45, 2.75) is 63.1 Å². The molecule has 116 valence electrons. The van der Waals surface area contributed by atoms with Gasteiger partial charge in [0.1, 0.15) is 0 Å². The van der Waals surface area contributed by atoms with Gasteiger partial charge in [-0.3, -0.25) is 4.79 Å². The van der Waals surface area contributed by atoms with E-state index in [1.165, 1.54) is 32.1 Å². The van der Waals surface area contributed by atoms with E-state index in [0.29, 0.717) is 24.5 Å². The molecule has 0 aliphatic carbocycles. The fourth-order valence-electron chi connectivity index (χ4n) is 3.63. The number of hydrogen-bond donors (Lipinski definition) is 2. The van der Waals surface area contributed by atoms with Crippen LogP contribution in [0.1, 0.15) is 44.2 Å². The summed E-state index contributed by atoms with van der Waals surface area (Å²) in [6, 6.07) is 1.93. The second-order valence-corrected chi connectivity index (χ2v) is 7.11. The van der Waals surface area contributed by atoms with Gasteiger partial charge >= 0.3 is 5.97 Å². The third kappa shape index (κ3) is 3.55. The van der Waals surface area contributed by atoms with Gasteiger partial charge in [0.2, 0.25) is 0 Å². The minimum absolute atomic E-state index is 0.154. The van der Waals surface area contributed by atoms with Gasteiger partial charge in [-0.1, -0.05) is 6.42 Å². The Hall–Kier alpha value is -1.14. The van der Waals surface area contributed by atoms with Crippen molar-refractivity contribution in [2.24, 2.45) is 0 Å². The highest BCUT2D eigenvalue weighted by molar-refractivity contribution is 7.13. The standard InChI is InChI=1S/C15H23N3O2S/c1-18-12-3-2-4-13(18)8-11(7-12)17-15-16-10(9-21-15)5-6-14(19)20/h9,11-13H,2-8H2,1H3,(H,16,17)(H,19,20). The number of rotatable bonds is 5. The van der Waals surface area contributed by atoms with Crippen molar-refractivity contribution in [1.29, 1.82) is 0 Å². The van der Waals surface area contributed by atoms with E-state index in [2.05, 4.69) is 22.2 Å². The molecule has 6 heteroatoms. The SMILES string of the molecule is CN1C2CCCC1CC(Nc1nc(CCC(=O)O)cs1)C2. The topological polar surface area (TPSA) is 65.5 Å². The maximum Gasteiger partial charge on any atom is 0.303 e. The fraction of sp³-hybridized carbons (Fsp3) is 0.733. The molecule has 0 aromatic carbocycles. The second kappa shape index (κ2) is 6.32. The average Bonchev–Trinajstić information content (AvgIpc) is 2.85.